The lowest BCUT2D eigenvalue weighted by molar-refractivity contribution is -0.143. The van der Waals surface area contributed by atoms with Crippen LogP contribution in [-0.2, 0) is 16.0 Å². The van der Waals surface area contributed by atoms with Crippen LogP contribution in [0.2, 0.25) is 0 Å². The van der Waals surface area contributed by atoms with Crippen LogP contribution in [0.1, 0.15) is 37.3 Å². The van der Waals surface area contributed by atoms with Crippen LogP contribution in [0, 0.1) is 0 Å². The van der Waals surface area contributed by atoms with Crippen molar-refractivity contribution in [1.82, 2.24) is 0 Å². The highest BCUT2D eigenvalue weighted by molar-refractivity contribution is 5.71. The number of nitrogens with two attached hydrogens (primary N) is 1. The first-order chi connectivity index (χ1) is 9.17. The summed E-state index contributed by atoms with van der Waals surface area (Å²) < 4.78 is 10.6. The highest BCUT2D eigenvalue weighted by Gasteiger charge is 2.33. The summed E-state index contributed by atoms with van der Waals surface area (Å²) in [6.45, 7) is 4.82. The summed E-state index contributed by atoms with van der Waals surface area (Å²) in [4.78, 5) is 11.7. The second-order valence-electron chi connectivity index (χ2n) is 4.74. The standard InChI is InChI=1S/C15H21NO3/c1-3-18-14-7-5-6-10-11(9-15(17)19-4-2)13(16)8-12(10)14/h5-7,11,13H,3-4,8-9,16H2,1-2H3. The van der Waals surface area contributed by atoms with Gasteiger partial charge < -0.3 is 15.2 Å². The monoisotopic (exact) mass is 263 g/mol. The quantitative estimate of drug-likeness (QED) is 0.825. The van der Waals surface area contributed by atoms with E-state index in [9.17, 15) is 4.79 Å². The minimum atomic E-state index is -0.183. The molecule has 2 atom stereocenters. The molecule has 2 N–H and O–H groups in total. The van der Waals surface area contributed by atoms with E-state index in [1.165, 1.54) is 0 Å². The van der Waals surface area contributed by atoms with E-state index in [1.54, 1.807) is 0 Å². The molecule has 0 amide bonds. The van der Waals surface area contributed by atoms with Crippen molar-refractivity contribution in [3.8, 4) is 5.75 Å². The average molecular weight is 263 g/mol. The predicted molar refractivity (Wildman–Crippen MR) is 73.3 cm³/mol. The fourth-order valence-electron chi connectivity index (χ4n) is 2.71. The molecule has 1 aliphatic rings. The van der Waals surface area contributed by atoms with Gasteiger partial charge >= 0.3 is 5.97 Å². The molecule has 0 heterocycles. The van der Waals surface area contributed by atoms with Crippen LogP contribution in [0.5, 0.6) is 5.75 Å². The van der Waals surface area contributed by atoms with Crippen LogP contribution in [-0.4, -0.2) is 25.2 Å². The molecule has 0 spiro atoms. The lowest BCUT2D eigenvalue weighted by Crippen LogP contribution is -2.27. The average Bonchev–Trinajstić information content (AvgIpc) is 2.68. The Kier molecular flexibility index (Phi) is 4.43. The summed E-state index contributed by atoms with van der Waals surface area (Å²) in [6, 6.07) is 5.91. The Morgan fingerprint density at radius 3 is 2.84 bits per heavy atom. The van der Waals surface area contributed by atoms with Crippen LogP contribution in [0.15, 0.2) is 18.2 Å². The van der Waals surface area contributed by atoms with E-state index in [4.69, 9.17) is 15.2 Å². The number of ether oxygens (including phenoxy) is 2. The minimum Gasteiger partial charge on any atom is -0.494 e. The smallest absolute Gasteiger partial charge is 0.306 e. The molecule has 1 aromatic carbocycles. The van der Waals surface area contributed by atoms with Crippen molar-refractivity contribution in [3.63, 3.8) is 0 Å². The fraction of sp³-hybridized carbons (Fsp3) is 0.533. The molecule has 0 saturated carbocycles. The van der Waals surface area contributed by atoms with Crippen LogP contribution in [0.25, 0.3) is 0 Å². The van der Waals surface area contributed by atoms with Crippen LogP contribution < -0.4 is 10.5 Å². The molecular weight excluding hydrogens is 242 g/mol. The molecule has 19 heavy (non-hydrogen) atoms. The molecule has 0 fully saturated rings. The number of esters is 1. The Morgan fingerprint density at radius 2 is 2.16 bits per heavy atom. The van der Waals surface area contributed by atoms with Crippen molar-refractivity contribution in [2.75, 3.05) is 13.2 Å². The van der Waals surface area contributed by atoms with E-state index in [1.807, 2.05) is 32.0 Å². The summed E-state index contributed by atoms with van der Waals surface area (Å²) in [5.41, 5.74) is 8.45. The molecule has 104 valence electrons. The fourth-order valence-corrected chi connectivity index (χ4v) is 2.71. The Hall–Kier alpha value is -1.55. The highest BCUT2D eigenvalue weighted by atomic mass is 16.5. The maximum absolute atomic E-state index is 11.7. The number of hydrogen-bond donors (Lipinski definition) is 1. The van der Waals surface area contributed by atoms with Gasteiger partial charge in [0.15, 0.2) is 0 Å². The number of hydrogen-bond acceptors (Lipinski definition) is 4. The van der Waals surface area contributed by atoms with E-state index >= 15 is 0 Å². The Bertz CT molecular complexity index is 459. The second-order valence-corrected chi connectivity index (χ2v) is 4.74. The van der Waals surface area contributed by atoms with Gasteiger partial charge in [0.2, 0.25) is 0 Å². The van der Waals surface area contributed by atoms with Gasteiger partial charge in [0.1, 0.15) is 5.75 Å². The van der Waals surface area contributed by atoms with Gasteiger partial charge in [-0.15, -0.1) is 0 Å². The van der Waals surface area contributed by atoms with Crippen LogP contribution in [0.3, 0.4) is 0 Å². The van der Waals surface area contributed by atoms with Gasteiger partial charge in [-0.05, 0) is 37.5 Å². The van der Waals surface area contributed by atoms with Gasteiger partial charge in [-0.2, -0.15) is 0 Å². The lowest BCUT2D eigenvalue weighted by Gasteiger charge is -2.15. The van der Waals surface area contributed by atoms with Gasteiger partial charge in [-0.25, -0.2) is 0 Å². The predicted octanol–water partition coefficient (Wildman–Crippen LogP) is 2.01. The Labute approximate surface area is 113 Å². The summed E-state index contributed by atoms with van der Waals surface area (Å²) >= 11 is 0. The normalized spacial score (nSPS) is 21.0. The van der Waals surface area contributed by atoms with Gasteiger partial charge in [0.05, 0.1) is 19.6 Å². The highest BCUT2D eigenvalue weighted by Crippen LogP contribution is 2.39. The zero-order valence-corrected chi connectivity index (χ0v) is 11.5. The molecule has 1 aliphatic carbocycles. The minimum absolute atomic E-state index is 0.0365. The summed E-state index contributed by atoms with van der Waals surface area (Å²) in [5, 5.41) is 0. The molecule has 0 saturated heterocycles. The third kappa shape index (κ3) is 2.89. The van der Waals surface area contributed by atoms with Gasteiger partial charge in [0.25, 0.3) is 0 Å². The zero-order valence-electron chi connectivity index (χ0n) is 11.5. The van der Waals surface area contributed by atoms with E-state index in [0.717, 1.165) is 23.3 Å². The molecule has 4 nitrogen and oxygen atoms in total. The first kappa shape index (κ1) is 13.9. The molecule has 2 unspecified atom stereocenters. The van der Waals surface area contributed by atoms with Crippen molar-refractivity contribution in [2.24, 2.45) is 5.73 Å². The second kappa shape index (κ2) is 6.06. The summed E-state index contributed by atoms with van der Waals surface area (Å²) in [5.74, 6) is 0.744. The molecule has 0 aliphatic heterocycles. The van der Waals surface area contributed by atoms with Gasteiger partial charge in [-0.1, -0.05) is 12.1 Å². The zero-order chi connectivity index (χ0) is 13.8. The van der Waals surface area contributed by atoms with E-state index < -0.39 is 0 Å². The number of benzene rings is 1. The molecule has 2 rings (SSSR count). The third-order valence-electron chi connectivity index (χ3n) is 3.52. The molecule has 0 bridgehead atoms. The van der Waals surface area contributed by atoms with Gasteiger partial charge in [0, 0.05) is 12.0 Å². The van der Waals surface area contributed by atoms with Crippen molar-refractivity contribution >= 4 is 5.97 Å². The van der Waals surface area contributed by atoms with Gasteiger partial charge in [-0.3, -0.25) is 4.79 Å². The first-order valence-electron chi connectivity index (χ1n) is 6.83. The summed E-state index contributed by atoms with van der Waals surface area (Å²) in [7, 11) is 0. The maximum Gasteiger partial charge on any atom is 0.306 e. The van der Waals surface area contributed by atoms with Crippen LogP contribution in [0.4, 0.5) is 0 Å². The van der Waals surface area contributed by atoms with Crippen molar-refractivity contribution < 1.29 is 14.3 Å². The van der Waals surface area contributed by atoms with Crippen molar-refractivity contribution in [2.45, 2.75) is 38.6 Å². The number of rotatable bonds is 5. The van der Waals surface area contributed by atoms with E-state index in [2.05, 4.69) is 0 Å². The number of carbonyl (C=O) groups is 1. The summed E-state index contributed by atoms with van der Waals surface area (Å²) in [6.07, 6.45) is 1.10. The van der Waals surface area contributed by atoms with Crippen molar-refractivity contribution in [1.29, 1.82) is 0 Å². The molecule has 4 heteroatoms. The van der Waals surface area contributed by atoms with E-state index in [0.29, 0.717) is 19.6 Å². The van der Waals surface area contributed by atoms with E-state index in [-0.39, 0.29) is 17.9 Å². The number of fused-ring (bicyclic) bond motifs is 1. The lowest BCUT2D eigenvalue weighted by atomic mass is 9.95. The topological polar surface area (TPSA) is 61.5 Å². The molecule has 0 radical (unpaired) electrons. The maximum atomic E-state index is 11.7. The third-order valence-corrected chi connectivity index (χ3v) is 3.52. The Morgan fingerprint density at radius 1 is 1.37 bits per heavy atom. The van der Waals surface area contributed by atoms with Crippen molar-refractivity contribution in [3.05, 3.63) is 29.3 Å². The molecule has 0 aromatic heterocycles. The molecule has 1 aromatic rings. The molecular formula is C15H21NO3. The Balaban J connectivity index is 2.21. The first-order valence-corrected chi connectivity index (χ1v) is 6.83. The van der Waals surface area contributed by atoms with Crippen LogP contribution >= 0.6 is 0 Å². The largest absolute Gasteiger partial charge is 0.494 e. The number of carbonyl (C=O) groups excluding carboxylic acids is 1. The SMILES string of the molecule is CCOC(=O)CC1c2cccc(OCC)c2CC1N.